The number of amides is 1. The van der Waals surface area contributed by atoms with Gasteiger partial charge in [-0.05, 0) is 116 Å². The second-order valence-electron chi connectivity index (χ2n) is 18.6. The van der Waals surface area contributed by atoms with Crippen LogP contribution >= 0.6 is 11.6 Å². The van der Waals surface area contributed by atoms with Crippen LogP contribution < -0.4 is 34.3 Å². The van der Waals surface area contributed by atoms with Gasteiger partial charge in [0, 0.05) is 90.4 Å². The number of fused-ring (bicyclic) bond motifs is 3. The van der Waals surface area contributed by atoms with Gasteiger partial charge in [-0.1, -0.05) is 41.9 Å². The van der Waals surface area contributed by atoms with E-state index in [1.165, 1.54) is 11.9 Å². The third kappa shape index (κ3) is 11.9. The average Bonchev–Trinajstić information content (AvgIpc) is 4.08. The van der Waals surface area contributed by atoms with Crippen LogP contribution in [0.15, 0.2) is 122 Å². The van der Waals surface area contributed by atoms with Crippen LogP contribution in [0.2, 0.25) is 5.02 Å². The highest BCUT2D eigenvalue weighted by Gasteiger charge is 2.26. The summed E-state index contributed by atoms with van der Waals surface area (Å²) < 4.78 is 38.4. The second kappa shape index (κ2) is 24.1. The third-order valence-electron chi connectivity index (χ3n) is 13.5. The van der Waals surface area contributed by atoms with E-state index in [1.54, 1.807) is 30.6 Å². The molecule has 1 unspecified atom stereocenters. The number of pyridine rings is 3. The number of carbonyl (C=O) groups excluding carboxylic acids is 1. The molecular weight excluding hydrogens is 984 g/mol. The minimum absolute atomic E-state index is 0.0917. The Bertz CT molecular complexity index is 3400. The van der Waals surface area contributed by atoms with Crippen molar-refractivity contribution < 1.29 is 38.3 Å². The monoisotopic (exact) mass is 1040 g/mol. The van der Waals surface area contributed by atoms with Crippen LogP contribution in [0.1, 0.15) is 53.3 Å². The van der Waals surface area contributed by atoms with Gasteiger partial charge in [0.05, 0.1) is 35.0 Å². The fraction of sp³-hybridized carbons (Fsp3) is 0.288. The Kier molecular flexibility index (Phi) is 16.3. The molecule has 3 N–H and O–H groups in total. The molecular formula is C59H57ClN8O8. The Balaban J connectivity index is 0.723. The average molecular weight is 1040 g/mol. The summed E-state index contributed by atoms with van der Waals surface area (Å²) in [7, 11) is 0. The van der Waals surface area contributed by atoms with Crippen LogP contribution in [0.25, 0.3) is 44.5 Å². The van der Waals surface area contributed by atoms with Crippen LogP contribution in [0, 0.1) is 18.3 Å². The van der Waals surface area contributed by atoms with Crippen molar-refractivity contribution in [3.63, 3.8) is 0 Å². The van der Waals surface area contributed by atoms with Crippen LogP contribution in [0.3, 0.4) is 0 Å². The van der Waals surface area contributed by atoms with Gasteiger partial charge in [-0.2, -0.15) is 10.4 Å². The second-order valence-corrected chi connectivity index (χ2v) is 19.0. The van der Waals surface area contributed by atoms with E-state index < -0.39 is 12.6 Å². The summed E-state index contributed by atoms with van der Waals surface area (Å²) in [5.74, 6) is 2.57. The predicted molar refractivity (Wildman–Crippen MR) is 287 cm³/mol. The number of aromatic nitrogens is 5. The smallest absolute Gasteiger partial charge is 0.239 e. The van der Waals surface area contributed by atoms with Crippen molar-refractivity contribution in [1.82, 2.24) is 35.4 Å². The van der Waals surface area contributed by atoms with Gasteiger partial charge >= 0.3 is 0 Å². The molecule has 388 valence electrons. The molecule has 6 heterocycles. The van der Waals surface area contributed by atoms with Crippen LogP contribution in [0.4, 0.5) is 0 Å². The summed E-state index contributed by atoms with van der Waals surface area (Å²) in [6, 6.07) is 31.9. The van der Waals surface area contributed by atoms with Gasteiger partial charge < -0.3 is 38.8 Å². The largest absolute Gasteiger partial charge is 0.491 e. The van der Waals surface area contributed by atoms with Crippen molar-refractivity contribution in [3.05, 3.63) is 160 Å². The first kappa shape index (κ1) is 51.4. The van der Waals surface area contributed by atoms with Gasteiger partial charge in [0.2, 0.25) is 5.91 Å². The van der Waals surface area contributed by atoms with E-state index in [0.29, 0.717) is 84.2 Å². The summed E-state index contributed by atoms with van der Waals surface area (Å²) in [5, 5.41) is 32.3. The zero-order valence-electron chi connectivity index (χ0n) is 42.3. The van der Waals surface area contributed by atoms with Gasteiger partial charge in [-0.15, -0.1) is 0 Å². The molecule has 4 aromatic carbocycles. The number of rotatable bonds is 22. The number of aliphatic hydroxyl groups excluding tert-OH is 1. The maximum atomic E-state index is 13.5. The Labute approximate surface area is 445 Å². The molecule has 10 rings (SSSR count). The molecule has 0 saturated carbocycles. The Morgan fingerprint density at radius 2 is 1.75 bits per heavy atom. The summed E-state index contributed by atoms with van der Waals surface area (Å²) in [6.45, 7) is 6.86. The number of aliphatic hydroxyl groups is 1. The number of nitrogens with one attached hydrogen (secondary N) is 2. The topological polar surface area (TPSA) is 197 Å². The van der Waals surface area contributed by atoms with Gasteiger partial charge in [0.1, 0.15) is 68.1 Å². The molecule has 16 nitrogen and oxygen atoms in total. The molecule has 76 heavy (non-hydrogen) atoms. The lowest BCUT2D eigenvalue weighted by atomic mass is 9.96. The molecule has 0 spiro atoms. The molecule has 8 aromatic rings. The van der Waals surface area contributed by atoms with Gasteiger partial charge in [-0.25, -0.2) is 0 Å². The number of hydrogen-bond acceptors (Lipinski definition) is 14. The summed E-state index contributed by atoms with van der Waals surface area (Å²) >= 11 is 6.89. The van der Waals surface area contributed by atoms with Crippen molar-refractivity contribution in [2.45, 2.75) is 71.5 Å². The predicted octanol–water partition coefficient (Wildman–Crippen LogP) is 9.37. The zero-order chi connectivity index (χ0) is 52.4. The van der Waals surface area contributed by atoms with E-state index in [2.05, 4.69) is 48.5 Å². The lowest BCUT2D eigenvalue weighted by Gasteiger charge is -2.21. The summed E-state index contributed by atoms with van der Waals surface area (Å²) in [5.41, 5.74) is 11.7. The lowest BCUT2D eigenvalue weighted by Crippen LogP contribution is -2.49. The number of halogens is 1. The first-order valence-corrected chi connectivity index (χ1v) is 25.8. The third-order valence-corrected chi connectivity index (χ3v) is 13.8. The van der Waals surface area contributed by atoms with Gasteiger partial charge in [-0.3, -0.25) is 29.7 Å². The fourth-order valence-corrected chi connectivity index (χ4v) is 9.71. The maximum Gasteiger partial charge on any atom is 0.239 e. The van der Waals surface area contributed by atoms with E-state index in [1.807, 2.05) is 86.8 Å². The SMILES string of the molecule is Cc1c(COc2cc(OCc3cncc(C#N)c3)c(CN[C@H](CO)C(=O)NC(C)CCOCCOc3ccc4c(-c5c(-c6ccccn6)nn6c5CCC6)ccnc4c3)cc2Cl)cccc1-c1ccc2c(c1)OCCO2. The van der Waals surface area contributed by atoms with Crippen molar-refractivity contribution in [2.75, 3.05) is 39.6 Å². The molecule has 2 atom stereocenters. The highest BCUT2D eigenvalue weighted by molar-refractivity contribution is 6.32. The number of nitriles is 1. The molecule has 2 aliphatic rings. The number of hydrogen-bond donors (Lipinski definition) is 3. The van der Waals surface area contributed by atoms with Gasteiger partial charge in [0.25, 0.3) is 0 Å². The quantitative estimate of drug-likeness (QED) is 0.0543. The Morgan fingerprint density at radius 3 is 2.61 bits per heavy atom. The molecule has 4 aromatic heterocycles. The van der Waals surface area contributed by atoms with E-state index in [0.717, 1.165) is 80.8 Å². The zero-order valence-corrected chi connectivity index (χ0v) is 43.0. The van der Waals surface area contributed by atoms with Crippen molar-refractivity contribution in [1.29, 1.82) is 5.26 Å². The summed E-state index contributed by atoms with van der Waals surface area (Å²) in [6.07, 6.45) is 9.28. The molecule has 0 radical (unpaired) electrons. The highest BCUT2D eigenvalue weighted by Crippen LogP contribution is 2.41. The van der Waals surface area contributed by atoms with Crippen LogP contribution in [-0.2, 0) is 42.3 Å². The molecule has 0 fully saturated rings. The van der Waals surface area contributed by atoms with Crippen molar-refractivity contribution >= 4 is 28.4 Å². The molecule has 0 aliphatic carbocycles. The minimum atomic E-state index is -0.947. The molecule has 17 heteroatoms. The van der Waals surface area contributed by atoms with Crippen molar-refractivity contribution in [3.8, 4) is 68.5 Å². The normalized spacial score (nSPS) is 13.4. The minimum Gasteiger partial charge on any atom is -0.491 e. The number of aryl methyl sites for hydroxylation is 1. The number of nitrogens with zero attached hydrogens (tertiary/aromatic N) is 6. The van der Waals surface area contributed by atoms with E-state index in [-0.39, 0.29) is 31.7 Å². The Hall–Kier alpha value is -8.07. The van der Waals surface area contributed by atoms with E-state index in [9.17, 15) is 15.2 Å². The first-order chi connectivity index (χ1) is 37.2. The van der Waals surface area contributed by atoms with Gasteiger partial charge in [0.15, 0.2) is 11.5 Å². The van der Waals surface area contributed by atoms with E-state index >= 15 is 0 Å². The molecule has 0 saturated heterocycles. The number of benzene rings is 4. The Morgan fingerprint density at radius 1 is 0.868 bits per heavy atom. The number of carbonyl (C=O) groups is 1. The molecule has 2 aliphatic heterocycles. The first-order valence-electron chi connectivity index (χ1n) is 25.4. The maximum absolute atomic E-state index is 13.5. The molecule has 0 bridgehead atoms. The number of ether oxygens (including phenoxy) is 6. The lowest BCUT2D eigenvalue weighted by molar-refractivity contribution is -0.124. The van der Waals surface area contributed by atoms with Crippen molar-refractivity contribution in [2.24, 2.45) is 0 Å². The fourth-order valence-electron chi connectivity index (χ4n) is 9.47. The van der Waals surface area contributed by atoms with Crippen LogP contribution in [0.5, 0.6) is 28.7 Å². The highest BCUT2D eigenvalue weighted by atomic mass is 35.5. The molecule has 1 amide bonds. The van der Waals surface area contributed by atoms with Crippen LogP contribution in [-0.4, -0.2) is 87.5 Å². The standard InChI is InChI=1S/C59H57ClN8O8/c1-37(16-20-71-21-22-72-44-12-13-46-47(15-18-64-50(46)28-44)57-52-10-6-19-68(52)67-58(57)49-9-3-4-17-63-49)66-59(70)51(34-69)65-33-43-26-48(60)55(29-54(43)75-35-40-25-39(30-61)31-62-32-40)76-36-42-7-5-8-45(38(42)2)41-11-14-53-56(27-41)74-24-23-73-53/h3-5,7-9,11-15,17-18,25-29,31-32,37,51,65,69H,6,10,16,19-24,33-36H2,1-2H3,(H,66,70)/t37?,51-/m1/s1. The van der Waals surface area contributed by atoms with E-state index in [4.69, 9.17) is 45.1 Å². The summed E-state index contributed by atoms with van der Waals surface area (Å²) in [4.78, 5) is 27.0.